The van der Waals surface area contributed by atoms with Crippen LogP contribution in [0.2, 0.25) is 0 Å². The van der Waals surface area contributed by atoms with Crippen LogP contribution in [0.4, 0.5) is 0 Å². The van der Waals surface area contributed by atoms with Gasteiger partial charge in [0.1, 0.15) is 6.29 Å². The van der Waals surface area contributed by atoms with E-state index in [-0.39, 0.29) is 41.3 Å². The molecule has 2 atom stereocenters. The maximum Gasteiger partial charge on any atom is 1.00 e. The quantitative estimate of drug-likeness (QED) is 0.307. The van der Waals surface area contributed by atoms with Crippen molar-refractivity contribution in [3.8, 4) is 0 Å². The Balaban J connectivity index is 0.00000225. The number of hydrogen-bond acceptors (Lipinski definition) is 5. The molecule has 0 radical (unpaired) electrons. The fourth-order valence-electron chi connectivity index (χ4n) is 4.43. The number of rotatable bonds is 4. The Kier molecular flexibility index (Phi) is 5.53. The van der Waals surface area contributed by atoms with E-state index < -0.39 is 26.7 Å². The number of carbonyl (C=O) groups is 2. The number of ketones is 1. The second-order valence-electron chi connectivity index (χ2n) is 7.31. The van der Waals surface area contributed by atoms with Crippen molar-refractivity contribution in [3.63, 3.8) is 0 Å². The number of Topliss-reactive ketones (excluding diaryl/α,β-unsaturated/α-hetero) is 1. The zero-order valence-corrected chi connectivity index (χ0v) is 17.4. The average Bonchev–Trinajstić information content (AvgIpc) is 2.81. The molecule has 0 amide bonds. The molecule has 2 fully saturated rings. The first-order valence-electron chi connectivity index (χ1n) is 7.86. The van der Waals surface area contributed by atoms with E-state index in [0.717, 1.165) is 11.8 Å². The van der Waals surface area contributed by atoms with Gasteiger partial charge in [-0.15, -0.1) is 0 Å². The summed E-state index contributed by atoms with van der Waals surface area (Å²) in [5.41, 5.74) is 0.245. The molecule has 1 aromatic carbocycles. The number of benzene rings is 1. The van der Waals surface area contributed by atoms with E-state index in [1.54, 1.807) is 30.3 Å². The summed E-state index contributed by atoms with van der Waals surface area (Å²) in [5.74, 6) is -0.913. The smallest absolute Gasteiger partial charge is 0.748 e. The second kappa shape index (κ2) is 6.74. The van der Waals surface area contributed by atoms with Crippen LogP contribution < -0.4 is 29.6 Å². The van der Waals surface area contributed by atoms with E-state index in [9.17, 15) is 22.6 Å². The third kappa shape index (κ3) is 3.30. The Hall–Kier alpha value is -0.790. The number of fused-ring (bicyclic) bond motifs is 2. The van der Waals surface area contributed by atoms with Crippen LogP contribution in [0.1, 0.15) is 42.6 Å². The predicted octanol–water partition coefficient (Wildman–Crippen LogP) is -0.563. The topological polar surface area (TPSA) is 91.3 Å². The normalized spacial score (nSPS) is 28.8. The van der Waals surface area contributed by atoms with Gasteiger partial charge in [-0.2, -0.15) is 0 Å². The van der Waals surface area contributed by atoms with Gasteiger partial charge in [-0.05, 0) is 35.8 Å². The minimum Gasteiger partial charge on any atom is -0.748 e. The Bertz CT molecular complexity index is 839. The van der Waals surface area contributed by atoms with Crippen LogP contribution in [0, 0.1) is 16.7 Å². The van der Waals surface area contributed by atoms with Gasteiger partial charge in [0.05, 0.1) is 21.3 Å². The Labute approximate surface area is 169 Å². The van der Waals surface area contributed by atoms with Crippen LogP contribution in [0.25, 0.3) is 6.08 Å². The second-order valence-corrected chi connectivity index (χ2v) is 8.71. The molecule has 3 rings (SSSR count). The first-order chi connectivity index (χ1) is 11.1. The van der Waals surface area contributed by atoms with Crippen molar-refractivity contribution in [1.82, 2.24) is 0 Å². The van der Waals surface area contributed by atoms with Crippen molar-refractivity contribution in [1.29, 1.82) is 0 Å². The number of aldehydes is 1. The zero-order chi connectivity index (χ0) is 17.8. The molecule has 7 heteroatoms. The largest absolute Gasteiger partial charge is 1.00 e. The molecule has 128 valence electrons. The van der Waals surface area contributed by atoms with Crippen LogP contribution in [-0.4, -0.2) is 30.8 Å². The summed E-state index contributed by atoms with van der Waals surface area (Å²) in [4.78, 5) is 23.7. The van der Waals surface area contributed by atoms with Crippen LogP contribution in [0.15, 0.2) is 29.8 Å². The van der Waals surface area contributed by atoms with Gasteiger partial charge in [-0.25, -0.2) is 8.42 Å². The van der Waals surface area contributed by atoms with E-state index >= 15 is 0 Å². The van der Waals surface area contributed by atoms with Crippen LogP contribution in [-0.2, 0) is 14.9 Å². The van der Waals surface area contributed by atoms with Crippen LogP contribution in [0.5, 0.6) is 0 Å². The third-order valence-corrected chi connectivity index (χ3v) is 6.70. The minimum absolute atomic E-state index is 0. The monoisotopic (exact) mass is 370 g/mol. The summed E-state index contributed by atoms with van der Waals surface area (Å²) in [6.07, 6.45) is 3.65. The molecule has 0 unspecified atom stereocenters. The van der Waals surface area contributed by atoms with Gasteiger partial charge in [0.15, 0.2) is 5.78 Å². The molecular weight excluding hydrogens is 351 g/mol. The summed E-state index contributed by atoms with van der Waals surface area (Å²) >= 11 is 0. The minimum atomic E-state index is -4.50. The van der Waals surface area contributed by atoms with E-state index in [4.69, 9.17) is 0 Å². The summed E-state index contributed by atoms with van der Waals surface area (Å²) in [6, 6.07) is 6.83. The van der Waals surface area contributed by atoms with Crippen LogP contribution >= 0.6 is 0 Å². The molecule has 2 aliphatic carbocycles. The van der Waals surface area contributed by atoms with Gasteiger partial charge in [-0.1, -0.05) is 38.1 Å². The van der Waals surface area contributed by atoms with E-state index in [1.807, 2.05) is 13.8 Å². The fourth-order valence-corrected chi connectivity index (χ4v) is 5.69. The molecule has 0 heterocycles. The van der Waals surface area contributed by atoms with E-state index in [0.29, 0.717) is 24.0 Å². The molecule has 0 N–H and O–H groups in total. The molecule has 5 nitrogen and oxygen atoms in total. The maximum atomic E-state index is 13.0. The Morgan fingerprint density at radius 2 is 1.76 bits per heavy atom. The van der Waals surface area contributed by atoms with Gasteiger partial charge >= 0.3 is 29.6 Å². The number of hydrogen-bond donors (Lipinski definition) is 0. The van der Waals surface area contributed by atoms with E-state index in [1.165, 1.54) is 0 Å². The first kappa shape index (κ1) is 20.5. The SMILES string of the molecule is CC1(C)[C@@H]2CC[C@@]1(CS(=O)(=O)[O-])C(=O)/C2=C\c1ccc(C=O)cc1.[Na+]. The van der Waals surface area contributed by atoms with Gasteiger partial charge in [-0.3, -0.25) is 9.59 Å². The summed E-state index contributed by atoms with van der Waals surface area (Å²) in [7, 11) is -4.50. The molecule has 1 aromatic rings. The van der Waals surface area contributed by atoms with Gasteiger partial charge < -0.3 is 4.55 Å². The zero-order valence-electron chi connectivity index (χ0n) is 14.6. The standard InChI is InChI=1S/C18H20O5S.Na/c1-17(2)15-7-8-18(17,11-24(21,22)23)16(20)14(15)9-12-3-5-13(10-19)6-4-12;/h3-6,9-10,15H,7-8,11H2,1-2H3,(H,21,22,23);/q;+1/p-1/b14-9-;/t15-,18-;/m1./s1. The molecule has 0 aliphatic heterocycles. The molecule has 25 heavy (non-hydrogen) atoms. The average molecular weight is 370 g/mol. The Morgan fingerprint density at radius 1 is 1.20 bits per heavy atom. The molecule has 0 saturated heterocycles. The van der Waals surface area contributed by atoms with Crippen molar-refractivity contribution in [2.24, 2.45) is 16.7 Å². The van der Waals surface area contributed by atoms with Crippen molar-refractivity contribution in [3.05, 3.63) is 41.0 Å². The summed E-state index contributed by atoms with van der Waals surface area (Å²) < 4.78 is 34.1. The number of carbonyl (C=O) groups excluding carboxylic acids is 2. The maximum absolute atomic E-state index is 13.0. The predicted molar refractivity (Wildman–Crippen MR) is 88.3 cm³/mol. The van der Waals surface area contributed by atoms with Crippen molar-refractivity contribution in [2.45, 2.75) is 26.7 Å². The molecule has 2 saturated carbocycles. The van der Waals surface area contributed by atoms with Crippen molar-refractivity contribution in [2.75, 3.05) is 5.75 Å². The molecule has 0 spiro atoms. The number of allylic oxidation sites excluding steroid dienone is 1. The van der Waals surface area contributed by atoms with Gasteiger partial charge in [0.2, 0.25) is 0 Å². The molecule has 2 bridgehead atoms. The van der Waals surface area contributed by atoms with Crippen molar-refractivity contribution >= 4 is 28.3 Å². The fraction of sp³-hybridized carbons (Fsp3) is 0.444. The van der Waals surface area contributed by atoms with Crippen LogP contribution in [0.3, 0.4) is 0 Å². The summed E-state index contributed by atoms with van der Waals surface area (Å²) in [5, 5.41) is 0. The van der Waals surface area contributed by atoms with Crippen molar-refractivity contribution < 1.29 is 52.1 Å². The third-order valence-electron chi connectivity index (χ3n) is 5.85. The van der Waals surface area contributed by atoms with Gasteiger partial charge in [0, 0.05) is 11.1 Å². The van der Waals surface area contributed by atoms with Gasteiger partial charge in [0.25, 0.3) is 0 Å². The molecule has 0 aromatic heterocycles. The Morgan fingerprint density at radius 3 is 2.28 bits per heavy atom. The first-order valence-corrected chi connectivity index (χ1v) is 9.44. The van der Waals surface area contributed by atoms with E-state index in [2.05, 4.69) is 0 Å². The molecular formula is C18H19NaO5S. The summed E-state index contributed by atoms with van der Waals surface area (Å²) in [6.45, 7) is 3.76. The molecule has 2 aliphatic rings.